The molecule has 8 nitrogen and oxygen atoms in total. The van der Waals surface area contributed by atoms with Crippen LogP contribution in [0.3, 0.4) is 0 Å². The van der Waals surface area contributed by atoms with E-state index in [1.165, 1.54) is 35.2 Å². The van der Waals surface area contributed by atoms with Crippen LogP contribution in [0.2, 0.25) is 0 Å². The first-order valence-corrected chi connectivity index (χ1v) is 9.61. The number of thioether (sulfide) groups is 1. The van der Waals surface area contributed by atoms with Crippen LogP contribution in [0, 0.1) is 10.1 Å². The Morgan fingerprint density at radius 2 is 2.11 bits per heavy atom. The van der Waals surface area contributed by atoms with E-state index in [0.29, 0.717) is 27.0 Å². The first kappa shape index (κ1) is 17.6. The minimum atomic E-state index is -0.437. The first-order valence-electron chi connectivity index (χ1n) is 7.92. The lowest BCUT2D eigenvalue weighted by molar-refractivity contribution is -0.384. The van der Waals surface area contributed by atoms with Crippen molar-refractivity contribution in [3.05, 3.63) is 46.5 Å². The second-order valence-electron chi connectivity index (χ2n) is 5.71. The van der Waals surface area contributed by atoms with Crippen molar-refractivity contribution in [2.24, 2.45) is 0 Å². The number of non-ortho nitro benzene ring substituents is 1. The van der Waals surface area contributed by atoms with Crippen molar-refractivity contribution in [3.63, 3.8) is 0 Å². The predicted molar refractivity (Wildman–Crippen MR) is 103 cm³/mol. The Balaban J connectivity index is 1.45. The topological polar surface area (TPSA) is 104 Å². The molecule has 1 amide bonds. The maximum absolute atomic E-state index is 12.5. The second-order valence-corrected chi connectivity index (χ2v) is 8.32. The molecule has 0 saturated heterocycles. The van der Waals surface area contributed by atoms with E-state index in [9.17, 15) is 14.9 Å². The average molecular weight is 403 g/mol. The zero-order valence-electron chi connectivity index (χ0n) is 14.0. The highest BCUT2D eigenvalue weighted by atomic mass is 32.2. The molecule has 1 atom stereocenters. The van der Waals surface area contributed by atoms with E-state index in [4.69, 9.17) is 9.47 Å². The maximum Gasteiger partial charge on any atom is 0.270 e. The number of nitro benzene ring substituents is 1. The lowest BCUT2D eigenvalue weighted by Crippen LogP contribution is -2.22. The Morgan fingerprint density at radius 1 is 1.30 bits per heavy atom. The summed E-state index contributed by atoms with van der Waals surface area (Å²) in [6.07, 6.45) is 0. The van der Waals surface area contributed by atoms with Crippen LogP contribution < -0.4 is 14.8 Å². The number of carbonyl (C=O) groups excluding carboxylic acids is 1. The number of nitrogens with one attached hydrogen (secondary N) is 1. The summed E-state index contributed by atoms with van der Waals surface area (Å²) in [5.41, 5.74) is 1.32. The summed E-state index contributed by atoms with van der Waals surface area (Å²) < 4.78 is 11.9. The van der Waals surface area contributed by atoms with Crippen molar-refractivity contribution < 1.29 is 19.2 Å². The lowest BCUT2D eigenvalue weighted by atomic mass is 10.2. The monoisotopic (exact) mass is 403 g/mol. The molecule has 1 aromatic heterocycles. The quantitative estimate of drug-likeness (QED) is 0.389. The van der Waals surface area contributed by atoms with Crippen molar-refractivity contribution in [2.75, 3.05) is 12.1 Å². The number of carbonyl (C=O) groups is 1. The van der Waals surface area contributed by atoms with Crippen LogP contribution in [0.15, 0.2) is 40.7 Å². The molecule has 1 aliphatic heterocycles. The van der Waals surface area contributed by atoms with Crippen LogP contribution in [-0.4, -0.2) is 27.9 Å². The van der Waals surface area contributed by atoms with E-state index >= 15 is 0 Å². The number of fused-ring (bicyclic) bond motifs is 2. The van der Waals surface area contributed by atoms with Gasteiger partial charge in [0.15, 0.2) is 15.8 Å². The molecule has 138 valence electrons. The molecule has 2 heterocycles. The van der Waals surface area contributed by atoms with Crippen LogP contribution in [0.1, 0.15) is 6.92 Å². The molecule has 0 bridgehead atoms. The molecule has 4 rings (SSSR count). The maximum atomic E-state index is 12.5. The van der Waals surface area contributed by atoms with Gasteiger partial charge < -0.3 is 14.8 Å². The summed E-state index contributed by atoms with van der Waals surface area (Å²) in [7, 11) is 0. The Morgan fingerprint density at radius 3 is 2.93 bits per heavy atom. The molecule has 0 radical (unpaired) electrons. The Labute approximate surface area is 161 Å². The summed E-state index contributed by atoms with van der Waals surface area (Å²) in [5.74, 6) is 1.07. The molecule has 1 N–H and O–H groups in total. The van der Waals surface area contributed by atoms with E-state index < -0.39 is 10.2 Å². The molecular formula is C17H13N3O5S2. The van der Waals surface area contributed by atoms with Crippen molar-refractivity contribution in [3.8, 4) is 11.5 Å². The van der Waals surface area contributed by atoms with Crippen LogP contribution in [0.4, 0.5) is 11.4 Å². The fourth-order valence-electron chi connectivity index (χ4n) is 2.48. The van der Waals surface area contributed by atoms with E-state index in [2.05, 4.69) is 10.3 Å². The molecule has 10 heteroatoms. The van der Waals surface area contributed by atoms with Gasteiger partial charge in [0.2, 0.25) is 12.7 Å². The number of thiazole rings is 1. The zero-order chi connectivity index (χ0) is 19.0. The van der Waals surface area contributed by atoms with Gasteiger partial charge in [0, 0.05) is 23.9 Å². The number of amides is 1. The summed E-state index contributed by atoms with van der Waals surface area (Å²) in [6.45, 7) is 1.95. The number of hydrogen-bond acceptors (Lipinski definition) is 8. The van der Waals surface area contributed by atoms with Gasteiger partial charge in [-0.25, -0.2) is 4.98 Å². The molecular weight excluding hydrogens is 390 g/mol. The minimum absolute atomic E-state index is 0.0244. The van der Waals surface area contributed by atoms with Crippen molar-refractivity contribution >= 4 is 50.6 Å². The van der Waals surface area contributed by atoms with E-state index in [0.717, 1.165) is 4.70 Å². The molecule has 0 saturated carbocycles. The van der Waals surface area contributed by atoms with Gasteiger partial charge in [-0.2, -0.15) is 0 Å². The number of rotatable bonds is 5. The van der Waals surface area contributed by atoms with E-state index in [-0.39, 0.29) is 18.4 Å². The molecule has 3 aromatic rings. The van der Waals surface area contributed by atoms with Gasteiger partial charge >= 0.3 is 0 Å². The summed E-state index contributed by atoms with van der Waals surface area (Å²) in [5, 5.41) is 13.3. The largest absolute Gasteiger partial charge is 0.454 e. The number of benzene rings is 2. The third kappa shape index (κ3) is 3.67. The normalized spacial score (nSPS) is 13.5. The van der Waals surface area contributed by atoms with E-state index in [1.807, 2.05) is 0 Å². The molecule has 2 aromatic carbocycles. The minimum Gasteiger partial charge on any atom is -0.454 e. The fraction of sp³-hybridized carbons (Fsp3) is 0.176. The average Bonchev–Trinajstić information content (AvgIpc) is 3.26. The third-order valence-corrected chi connectivity index (χ3v) is 6.06. The highest BCUT2D eigenvalue weighted by molar-refractivity contribution is 8.02. The number of aromatic nitrogens is 1. The summed E-state index contributed by atoms with van der Waals surface area (Å²) in [6, 6.07) is 9.75. The third-order valence-electron chi connectivity index (χ3n) is 3.85. The Kier molecular flexibility index (Phi) is 4.58. The van der Waals surface area contributed by atoms with Crippen LogP contribution in [0.25, 0.3) is 10.2 Å². The fourth-order valence-corrected chi connectivity index (χ4v) is 4.72. The van der Waals surface area contributed by atoms with Crippen LogP contribution >= 0.6 is 23.1 Å². The van der Waals surface area contributed by atoms with Gasteiger partial charge in [-0.1, -0.05) is 11.8 Å². The number of nitrogens with zero attached hydrogens (tertiary/aromatic N) is 2. The number of nitro groups is 1. The Hall–Kier alpha value is -2.85. The summed E-state index contributed by atoms with van der Waals surface area (Å²) >= 11 is 2.63. The van der Waals surface area contributed by atoms with Gasteiger partial charge in [-0.3, -0.25) is 14.9 Å². The number of ether oxygens (including phenoxy) is 2. The van der Waals surface area contributed by atoms with Gasteiger partial charge in [0.05, 0.1) is 20.4 Å². The number of hydrogen-bond donors (Lipinski definition) is 1. The molecule has 27 heavy (non-hydrogen) atoms. The predicted octanol–water partition coefficient (Wildman–Crippen LogP) is 4.05. The Bertz CT molecular complexity index is 1050. The van der Waals surface area contributed by atoms with Gasteiger partial charge in [-0.15, -0.1) is 11.3 Å². The highest BCUT2D eigenvalue weighted by Crippen LogP contribution is 2.36. The summed E-state index contributed by atoms with van der Waals surface area (Å²) in [4.78, 5) is 27.3. The second kappa shape index (κ2) is 7.05. The van der Waals surface area contributed by atoms with Gasteiger partial charge in [0.1, 0.15) is 0 Å². The first-order chi connectivity index (χ1) is 13.0. The van der Waals surface area contributed by atoms with Crippen LogP contribution in [-0.2, 0) is 4.79 Å². The van der Waals surface area contributed by atoms with Crippen molar-refractivity contribution in [2.45, 2.75) is 16.5 Å². The lowest BCUT2D eigenvalue weighted by Gasteiger charge is -2.10. The standard InChI is InChI=1S/C17H13N3O5S2/c1-9(16(21)18-10-2-5-13-14(6-10)25-8-24-13)26-17-19-12-4-3-11(20(22)23)7-15(12)27-17/h2-7,9H,8H2,1H3,(H,18,21)/t9-/m1/s1. The SMILES string of the molecule is C[C@@H](Sc1nc2ccc([N+](=O)[O-])cc2s1)C(=O)Nc1ccc2c(c1)OCO2. The molecule has 0 spiro atoms. The molecule has 1 aliphatic rings. The molecule has 0 aliphatic carbocycles. The number of anilines is 1. The molecule has 0 fully saturated rings. The van der Waals surface area contributed by atoms with Crippen molar-refractivity contribution in [1.29, 1.82) is 0 Å². The van der Waals surface area contributed by atoms with Crippen molar-refractivity contribution in [1.82, 2.24) is 4.98 Å². The highest BCUT2D eigenvalue weighted by Gasteiger charge is 2.19. The smallest absolute Gasteiger partial charge is 0.270 e. The zero-order valence-corrected chi connectivity index (χ0v) is 15.6. The molecule has 0 unspecified atom stereocenters. The van der Waals surface area contributed by atoms with Gasteiger partial charge in [-0.05, 0) is 25.1 Å². The van der Waals surface area contributed by atoms with Crippen LogP contribution in [0.5, 0.6) is 11.5 Å². The van der Waals surface area contributed by atoms with Gasteiger partial charge in [0.25, 0.3) is 5.69 Å². The van der Waals surface area contributed by atoms with E-state index in [1.54, 1.807) is 31.2 Å².